The van der Waals surface area contributed by atoms with E-state index in [0.29, 0.717) is 5.91 Å². The summed E-state index contributed by atoms with van der Waals surface area (Å²) in [7, 11) is 3.88. The van der Waals surface area contributed by atoms with E-state index in [1.54, 1.807) is 0 Å². The minimum Gasteiger partial charge on any atom is -0.345 e. The van der Waals surface area contributed by atoms with Crippen LogP contribution < -0.4 is 0 Å². The zero-order chi connectivity index (χ0) is 16.7. The predicted molar refractivity (Wildman–Crippen MR) is 92.4 cm³/mol. The lowest BCUT2D eigenvalue weighted by molar-refractivity contribution is -0.135. The molecule has 0 radical (unpaired) electrons. The van der Waals surface area contributed by atoms with Gasteiger partial charge in [-0.05, 0) is 12.0 Å². The van der Waals surface area contributed by atoms with Crippen molar-refractivity contribution in [2.45, 2.75) is 18.9 Å². The molecule has 0 N–H and O–H groups in total. The molecule has 5 nitrogen and oxygen atoms in total. The number of nitrogens with zero attached hydrogens (tertiary/aromatic N) is 4. The highest BCUT2D eigenvalue weighted by Gasteiger charge is 2.56. The van der Waals surface area contributed by atoms with Crippen molar-refractivity contribution in [3.63, 3.8) is 0 Å². The SMILES string of the molecule is CN1CC[C@@]2(CN(Cc3cnn(C)c3)C[C@H]2c2ccccc2)C1=O. The quantitative estimate of drug-likeness (QED) is 0.865. The highest BCUT2D eigenvalue weighted by atomic mass is 16.2. The van der Waals surface area contributed by atoms with Crippen LogP contribution in [0.2, 0.25) is 0 Å². The number of carbonyl (C=O) groups is 1. The fourth-order valence-electron chi connectivity index (χ4n) is 4.47. The molecule has 4 rings (SSSR count). The van der Waals surface area contributed by atoms with E-state index >= 15 is 0 Å². The molecular formula is C19H24N4O. The zero-order valence-corrected chi connectivity index (χ0v) is 14.4. The molecule has 2 aliphatic heterocycles. The minimum atomic E-state index is -0.266. The number of likely N-dealkylation sites (tertiary alicyclic amines) is 2. The van der Waals surface area contributed by atoms with Crippen LogP contribution in [0.4, 0.5) is 0 Å². The van der Waals surface area contributed by atoms with Gasteiger partial charge in [0, 0.05) is 58.0 Å². The molecular weight excluding hydrogens is 300 g/mol. The fourth-order valence-corrected chi connectivity index (χ4v) is 4.47. The van der Waals surface area contributed by atoms with Crippen molar-refractivity contribution in [2.75, 3.05) is 26.7 Å². The van der Waals surface area contributed by atoms with E-state index in [-0.39, 0.29) is 11.3 Å². The van der Waals surface area contributed by atoms with E-state index < -0.39 is 0 Å². The molecule has 1 spiro atoms. The standard InChI is InChI=1S/C19H24N4O/c1-21-9-8-19(18(21)24)14-23(12-15-10-20-22(2)11-15)13-17(19)16-6-4-3-5-7-16/h3-7,10-11,17H,8-9,12-14H2,1-2H3/t17-,19-/m0/s1. The Morgan fingerprint density at radius 2 is 2.04 bits per heavy atom. The number of rotatable bonds is 3. The van der Waals surface area contributed by atoms with Gasteiger partial charge in [0.1, 0.15) is 0 Å². The number of hydrogen-bond acceptors (Lipinski definition) is 3. The van der Waals surface area contributed by atoms with Crippen LogP contribution in [-0.2, 0) is 18.4 Å². The Hall–Kier alpha value is -2.14. The Bertz CT molecular complexity index is 741. The smallest absolute Gasteiger partial charge is 0.230 e. The van der Waals surface area contributed by atoms with Crippen LogP contribution in [-0.4, -0.2) is 52.2 Å². The van der Waals surface area contributed by atoms with Gasteiger partial charge in [0.05, 0.1) is 11.6 Å². The topological polar surface area (TPSA) is 41.4 Å². The summed E-state index contributed by atoms with van der Waals surface area (Å²) < 4.78 is 1.84. The maximum Gasteiger partial charge on any atom is 0.230 e. The Morgan fingerprint density at radius 3 is 2.67 bits per heavy atom. The zero-order valence-electron chi connectivity index (χ0n) is 14.4. The largest absolute Gasteiger partial charge is 0.345 e. The van der Waals surface area contributed by atoms with E-state index in [0.717, 1.165) is 32.6 Å². The van der Waals surface area contributed by atoms with E-state index in [2.05, 4.69) is 40.5 Å². The molecule has 0 saturated carbocycles. The van der Waals surface area contributed by atoms with Crippen LogP contribution >= 0.6 is 0 Å². The second kappa shape index (κ2) is 5.74. The molecule has 1 aromatic heterocycles. The minimum absolute atomic E-state index is 0.266. The molecule has 3 heterocycles. The van der Waals surface area contributed by atoms with Crippen molar-refractivity contribution in [1.29, 1.82) is 0 Å². The molecule has 0 bridgehead atoms. The summed E-state index contributed by atoms with van der Waals surface area (Å²) in [4.78, 5) is 17.3. The average molecular weight is 324 g/mol. The number of amides is 1. The second-order valence-corrected chi connectivity index (χ2v) is 7.29. The molecule has 24 heavy (non-hydrogen) atoms. The van der Waals surface area contributed by atoms with Gasteiger partial charge in [-0.25, -0.2) is 0 Å². The lowest BCUT2D eigenvalue weighted by Gasteiger charge is -2.28. The third kappa shape index (κ3) is 2.44. The number of carbonyl (C=O) groups excluding carboxylic acids is 1. The van der Waals surface area contributed by atoms with Gasteiger partial charge in [-0.3, -0.25) is 14.4 Å². The molecule has 2 fully saturated rings. The highest BCUT2D eigenvalue weighted by molar-refractivity contribution is 5.86. The van der Waals surface area contributed by atoms with Crippen LogP contribution in [0, 0.1) is 5.41 Å². The Kier molecular flexibility index (Phi) is 3.68. The molecule has 1 amide bonds. The molecule has 0 aliphatic carbocycles. The summed E-state index contributed by atoms with van der Waals surface area (Å²) in [6.45, 7) is 3.49. The molecule has 2 saturated heterocycles. The summed E-state index contributed by atoms with van der Waals surface area (Å²) in [5, 5.41) is 4.27. The average Bonchev–Trinajstić information content (AvgIpc) is 3.24. The Morgan fingerprint density at radius 1 is 1.25 bits per heavy atom. The summed E-state index contributed by atoms with van der Waals surface area (Å²) in [6.07, 6.45) is 4.93. The Labute approximate surface area is 142 Å². The van der Waals surface area contributed by atoms with E-state index in [9.17, 15) is 4.79 Å². The first kappa shape index (κ1) is 15.4. The number of benzene rings is 1. The van der Waals surface area contributed by atoms with Gasteiger partial charge >= 0.3 is 0 Å². The maximum atomic E-state index is 13.0. The van der Waals surface area contributed by atoms with E-state index in [1.165, 1.54) is 11.1 Å². The third-order valence-corrected chi connectivity index (χ3v) is 5.65. The van der Waals surface area contributed by atoms with Crippen LogP contribution in [0.3, 0.4) is 0 Å². The van der Waals surface area contributed by atoms with Crippen molar-refractivity contribution >= 4 is 5.91 Å². The first-order valence-corrected chi connectivity index (χ1v) is 8.59. The van der Waals surface area contributed by atoms with Gasteiger partial charge in [-0.2, -0.15) is 5.10 Å². The molecule has 2 atom stereocenters. The van der Waals surface area contributed by atoms with Crippen molar-refractivity contribution in [1.82, 2.24) is 19.6 Å². The number of hydrogen-bond donors (Lipinski definition) is 0. The normalized spacial score (nSPS) is 27.5. The van der Waals surface area contributed by atoms with Crippen molar-refractivity contribution in [3.05, 3.63) is 53.9 Å². The van der Waals surface area contributed by atoms with E-state index in [4.69, 9.17) is 0 Å². The third-order valence-electron chi connectivity index (χ3n) is 5.65. The van der Waals surface area contributed by atoms with Gasteiger partial charge in [0.15, 0.2) is 0 Å². The molecule has 1 aromatic carbocycles. The summed E-state index contributed by atoms with van der Waals surface area (Å²) in [5.74, 6) is 0.581. The predicted octanol–water partition coefficient (Wildman–Crippen LogP) is 1.87. The lowest BCUT2D eigenvalue weighted by atomic mass is 9.73. The molecule has 126 valence electrons. The molecule has 5 heteroatoms. The van der Waals surface area contributed by atoms with Gasteiger partial charge in [-0.1, -0.05) is 30.3 Å². The summed E-state index contributed by atoms with van der Waals surface area (Å²) in [5.41, 5.74) is 2.23. The summed E-state index contributed by atoms with van der Waals surface area (Å²) in [6, 6.07) is 10.5. The number of aryl methyl sites for hydroxylation is 1. The lowest BCUT2D eigenvalue weighted by Crippen LogP contribution is -2.38. The van der Waals surface area contributed by atoms with Crippen molar-refractivity contribution in [3.8, 4) is 0 Å². The monoisotopic (exact) mass is 324 g/mol. The van der Waals surface area contributed by atoms with Gasteiger partial charge in [0.25, 0.3) is 0 Å². The maximum absolute atomic E-state index is 13.0. The first-order valence-electron chi connectivity index (χ1n) is 8.59. The molecule has 2 aliphatic rings. The van der Waals surface area contributed by atoms with Gasteiger partial charge in [-0.15, -0.1) is 0 Å². The highest BCUT2D eigenvalue weighted by Crippen LogP contribution is 2.49. The first-order chi connectivity index (χ1) is 11.6. The van der Waals surface area contributed by atoms with Crippen LogP contribution in [0.15, 0.2) is 42.7 Å². The van der Waals surface area contributed by atoms with Crippen LogP contribution in [0.1, 0.15) is 23.5 Å². The Balaban J connectivity index is 1.64. The molecule has 0 unspecified atom stereocenters. The van der Waals surface area contributed by atoms with Crippen LogP contribution in [0.25, 0.3) is 0 Å². The second-order valence-electron chi connectivity index (χ2n) is 7.29. The fraction of sp³-hybridized carbons (Fsp3) is 0.474. The van der Waals surface area contributed by atoms with Gasteiger partial charge in [0.2, 0.25) is 5.91 Å². The summed E-state index contributed by atoms with van der Waals surface area (Å²) >= 11 is 0. The molecule has 2 aromatic rings. The van der Waals surface area contributed by atoms with Gasteiger partial charge < -0.3 is 4.90 Å². The van der Waals surface area contributed by atoms with Crippen LogP contribution in [0.5, 0.6) is 0 Å². The van der Waals surface area contributed by atoms with Crippen molar-refractivity contribution in [2.24, 2.45) is 12.5 Å². The van der Waals surface area contributed by atoms with Crippen molar-refractivity contribution < 1.29 is 4.79 Å². The van der Waals surface area contributed by atoms with E-state index in [1.807, 2.05) is 35.9 Å². The number of aromatic nitrogens is 2.